The van der Waals surface area contributed by atoms with Crippen molar-refractivity contribution in [2.75, 3.05) is 6.54 Å². The minimum Gasteiger partial charge on any atom is -0.481 e. The molecule has 6 heteroatoms. The zero-order valence-electron chi connectivity index (χ0n) is 12.0. The molecule has 1 aromatic carbocycles. The molecule has 4 nitrogen and oxygen atoms in total. The molecule has 1 atom stereocenters. The highest BCUT2D eigenvalue weighted by Crippen LogP contribution is 2.13. The maximum absolute atomic E-state index is 13.4. The largest absolute Gasteiger partial charge is 0.481 e. The van der Waals surface area contributed by atoms with Gasteiger partial charge in [0.15, 0.2) is 0 Å². The summed E-state index contributed by atoms with van der Waals surface area (Å²) < 4.78 is 26.8. The number of carboxylic acid groups (broad SMARTS) is 1. The Balaban J connectivity index is 2.59. The number of rotatable bonds is 7. The minimum absolute atomic E-state index is 0.0532. The summed E-state index contributed by atoms with van der Waals surface area (Å²) in [4.78, 5) is 22.7. The first kappa shape index (κ1) is 17.1. The molecule has 0 heterocycles. The van der Waals surface area contributed by atoms with Crippen LogP contribution in [0.3, 0.4) is 0 Å². The molecule has 0 fully saturated rings. The molecule has 0 saturated heterocycles. The zero-order chi connectivity index (χ0) is 16.0. The summed E-state index contributed by atoms with van der Waals surface area (Å²) in [7, 11) is 0. The normalized spacial score (nSPS) is 12.2. The van der Waals surface area contributed by atoms with E-state index in [9.17, 15) is 18.4 Å². The van der Waals surface area contributed by atoms with Crippen molar-refractivity contribution >= 4 is 11.9 Å². The van der Waals surface area contributed by atoms with Gasteiger partial charge < -0.3 is 10.4 Å². The van der Waals surface area contributed by atoms with Crippen LogP contribution in [0.1, 0.15) is 25.8 Å². The number of hydrogen-bond donors (Lipinski definition) is 2. The second-order valence-electron chi connectivity index (χ2n) is 5.35. The molecule has 2 N–H and O–H groups in total. The Morgan fingerprint density at radius 2 is 1.81 bits per heavy atom. The first-order valence-corrected chi connectivity index (χ1v) is 6.73. The van der Waals surface area contributed by atoms with E-state index in [1.54, 1.807) is 0 Å². The van der Waals surface area contributed by atoms with Gasteiger partial charge in [-0.1, -0.05) is 19.9 Å². The van der Waals surface area contributed by atoms with E-state index in [1.165, 1.54) is 6.07 Å². The van der Waals surface area contributed by atoms with Gasteiger partial charge in [-0.2, -0.15) is 0 Å². The molecular formula is C15H19F2NO3. The predicted molar refractivity (Wildman–Crippen MR) is 73.7 cm³/mol. The second-order valence-corrected chi connectivity index (χ2v) is 5.35. The van der Waals surface area contributed by atoms with Gasteiger partial charge in [0, 0.05) is 12.1 Å². The van der Waals surface area contributed by atoms with Crippen molar-refractivity contribution in [1.29, 1.82) is 0 Å². The molecule has 0 aliphatic rings. The fourth-order valence-electron chi connectivity index (χ4n) is 2.00. The highest BCUT2D eigenvalue weighted by Gasteiger charge is 2.20. The van der Waals surface area contributed by atoms with E-state index < -0.39 is 35.8 Å². The third-order valence-electron chi connectivity index (χ3n) is 3.05. The van der Waals surface area contributed by atoms with Gasteiger partial charge in [0.05, 0.1) is 12.3 Å². The third-order valence-corrected chi connectivity index (χ3v) is 3.05. The first-order chi connectivity index (χ1) is 9.81. The molecule has 1 rings (SSSR count). The van der Waals surface area contributed by atoms with Crippen LogP contribution in [0.5, 0.6) is 0 Å². The van der Waals surface area contributed by atoms with E-state index in [1.807, 2.05) is 13.8 Å². The average molecular weight is 299 g/mol. The summed E-state index contributed by atoms with van der Waals surface area (Å²) in [5.74, 6) is -3.72. The number of carboxylic acids is 1. The molecule has 21 heavy (non-hydrogen) atoms. The summed E-state index contributed by atoms with van der Waals surface area (Å²) >= 11 is 0. The molecule has 1 amide bonds. The molecule has 0 saturated carbocycles. The van der Waals surface area contributed by atoms with E-state index in [4.69, 9.17) is 5.11 Å². The van der Waals surface area contributed by atoms with Gasteiger partial charge in [-0.3, -0.25) is 9.59 Å². The quantitative estimate of drug-likeness (QED) is 0.812. The fourth-order valence-corrected chi connectivity index (χ4v) is 2.00. The standard InChI is InChI=1S/C15H19F2NO3/c1-9(2)6-10(15(20)21)8-18-14(19)7-11-12(16)4-3-5-13(11)17/h3-5,9-10H,6-8H2,1-2H3,(H,18,19)(H,20,21). The Kier molecular flexibility index (Phi) is 6.27. The van der Waals surface area contributed by atoms with Crippen molar-refractivity contribution in [2.24, 2.45) is 11.8 Å². The fraction of sp³-hybridized carbons (Fsp3) is 0.467. The van der Waals surface area contributed by atoms with E-state index in [0.717, 1.165) is 12.1 Å². The predicted octanol–water partition coefficient (Wildman–Crippen LogP) is 2.37. The SMILES string of the molecule is CC(C)CC(CNC(=O)Cc1c(F)cccc1F)C(=O)O. The second kappa shape index (κ2) is 7.71. The van der Waals surface area contributed by atoms with Crippen LogP contribution in [-0.2, 0) is 16.0 Å². The zero-order valence-corrected chi connectivity index (χ0v) is 12.0. The molecule has 0 aliphatic carbocycles. The number of aliphatic carboxylic acids is 1. The van der Waals surface area contributed by atoms with Gasteiger partial charge in [-0.15, -0.1) is 0 Å². The number of halogens is 2. The smallest absolute Gasteiger partial charge is 0.308 e. The molecule has 1 unspecified atom stereocenters. The van der Waals surface area contributed by atoms with Gasteiger partial charge in [-0.05, 0) is 24.5 Å². The van der Waals surface area contributed by atoms with Crippen LogP contribution in [0.4, 0.5) is 8.78 Å². The number of amides is 1. The van der Waals surface area contributed by atoms with Crippen LogP contribution >= 0.6 is 0 Å². The van der Waals surface area contributed by atoms with E-state index in [2.05, 4.69) is 5.32 Å². The first-order valence-electron chi connectivity index (χ1n) is 6.73. The van der Waals surface area contributed by atoms with Gasteiger partial charge in [-0.25, -0.2) is 8.78 Å². The van der Waals surface area contributed by atoms with Crippen LogP contribution in [0, 0.1) is 23.5 Å². The van der Waals surface area contributed by atoms with Gasteiger partial charge in [0.2, 0.25) is 5.91 Å². The van der Waals surface area contributed by atoms with Crippen molar-refractivity contribution in [3.63, 3.8) is 0 Å². The van der Waals surface area contributed by atoms with Crippen LogP contribution in [-0.4, -0.2) is 23.5 Å². The molecule has 0 aromatic heterocycles. The summed E-state index contributed by atoms with van der Waals surface area (Å²) in [5, 5.41) is 11.5. The van der Waals surface area contributed by atoms with Crippen molar-refractivity contribution in [3.05, 3.63) is 35.4 Å². The van der Waals surface area contributed by atoms with Gasteiger partial charge in [0.1, 0.15) is 11.6 Å². The molecule has 0 radical (unpaired) electrons. The Bertz CT molecular complexity index is 497. The third kappa shape index (κ3) is 5.49. The van der Waals surface area contributed by atoms with Crippen LogP contribution in [0.25, 0.3) is 0 Å². The van der Waals surface area contributed by atoms with Crippen molar-refractivity contribution in [2.45, 2.75) is 26.7 Å². The topological polar surface area (TPSA) is 66.4 Å². The van der Waals surface area contributed by atoms with Crippen LogP contribution < -0.4 is 5.32 Å². The summed E-state index contributed by atoms with van der Waals surface area (Å²) in [6.45, 7) is 3.71. The van der Waals surface area contributed by atoms with E-state index >= 15 is 0 Å². The average Bonchev–Trinajstić information content (AvgIpc) is 2.38. The summed E-state index contributed by atoms with van der Waals surface area (Å²) in [5.41, 5.74) is -0.314. The lowest BCUT2D eigenvalue weighted by molar-refractivity contribution is -0.142. The molecular weight excluding hydrogens is 280 g/mol. The Hall–Kier alpha value is -1.98. The molecule has 0 bridgehead atoms. The number of carbonyl (C=O) groups excluding carboxylic acids is 1. The number of benzene rings is 1. The van der Waals surface area contributed by atoms with Gasteiger partial charge >= 0.3 is 5.97 Å². The maximum atomic E-state index is 13.4. The lowest BCUT2D eigenvalue weighted by Gasteiger charge is -2.15. The maximum Gasteiger partial charge on any atom is 0.308 e. The molecule has 116 valence electrons. The van der Waals surface area contributed by atoms with Gasteiger partial charge in [0.25, 0.3) is 0 Å². The molecule has 0 spiro atoms. The minimum atomic E-state index is -0.999. The Labute approximate surface area is 122 Å². The van der Waals surface area contributed by atoms with E-state index in [0.29, 0.717) is 6.42 Å². The lowest BCUT2D eigenvalue weighted by atomic mass is 9.97. The monoisotopic (exact) mass is 299 g/mol. The Morgan fingerprint density at radius 1 is 1.24 bits per heavy atom. The van der Waals surface area contributed by atoms with Crippen molar-refractivity contribution in [3.8, 4) is 0 Å². The van der Waals surface area contributed by atoms with Crippen LogP contribution in [0.2, 0.25) is 0 Å². The number of nitrogens with one attached hydrogen (secondary N) is 1. The van der Waals surface area contributed by atoms with Crippen molar-refractivity contribution in [1.82, 2.24) is 5.32 Å². The highest BCUT2D eigenvalue weighted by molar-refractivity contribution is 5.79. The summed E-state index contributed by atoms with van der Waals surface area (Å²) in [6, 6.07) is 3.37. The molecule has 0 aliphatic heterocycles. The number of carbonyl (C=O) groups is 2. The van der Waals surface area contributed by atoms with Crippen LogP contribution in [0.15, 0.2) is 18.2 Å². The lowest BCUT2D eigenvalue weighted by Crippen LogP contribution is -2.34. The molecule has 1 aromatic rings. The number of hydrogen-bond acceptors (Lipinski definition) is 2. The highest BCUT2D eigenvalue weighted by atomic mass is 19.1. The summed E-state index contributed by atoms with van der Waals surface area (Å²) in [6.07, 6.45) is -0.0316. The Morgan fingerprint density at radius 3 is 2.29 bits per heavy atom. The van der Waals surface area contributed by atoms with Crippen molar-refractivity contribution < 1.29 is 23.5 Å². The van der Waals surface area contributed by atoms with E-state index in [-0.39, 0.29) is 18.0 Å².